The van der Waals surface area contributed by atoms with Crippen molar-refractivity contribution in [3.8, 4) is 0 Å². The van der Waals surface area contributed by atoms with Gasteiger partial charge in [-0.1, -0.05) is 58.8 Å². The largest absolute Gasteiger partial charge is 0.506 e. The molecular formula is C23H50NO4Si+. The Hall–Kier alpha value is -0.243. The number of hydroxylamine groups is 3. The summed E-state index contributed by atoms with van der Waals surface area (Å²) in [4.78, 5) is 6.16. The van der Waals surface area contributed by atoms with Crippen LogP contribution in [0.25, 0.3) is 0 Å². The molecule has 0 aromatic carbocycles. The van der Waals surface area contributed by atoms with E-state index in [0.29, 0.717) is 31.1 Å². The fourth-order valence-corrected chi connectivity index (χ4v) is 5.92. The molecule has 0 aliphatic heterocycles. The molecule has 174 valence electrons. The summed E-state index contributed by atoms with van der Waals surface area (Å²) >= 11 is 0. The molecule has 0 aliphatic rings. The topological polar surface area (TPSA) is 36.9 Å². The fourth-order valence-electron chi connectivity index (χ4n) is 3.33. The van der Waals surface area contributed by atoms with E-state index >= 15 is 0 Å². The van der Waals surface area contributed by atoms with Crippen LogP contribution in [0.1, 0.15) is 92.4 Å². The van der Waals surface area contributed by atoms with Crippen LogP contribution in [0.5, 0.6) is 0 Å². The Bertz CT molecular complexity index is 387. The van der Waals surface area contributed by atoms with Gasteiger partial charge in [-0.15, -0.1) is 0 Å². The van der Waals surface area contributed by atoms with Crippen molar-refractivity contribution in [1.29, 1.82) is 0 Å². The van der Waals surface area contributed by atoms with Gasteiger partial charge in [0.1, 0.15) is 26.9 Å². The van der Waals surface area contributed by atoms with Gasteiger partial charge in [-0.25, -0.2) is 0 Å². The third-order valence-electron chi connectivity index (χ3n) is 4.99. The fraction of sp³-hybridized carbons (Fsp3) is 0.913. The molecule has 1 atom stereocenters. The van der Waals surface area contributed by atoms with E-state index in [4.69, 9.17) is 18.1 Å². The molecule has 0 N–H and O–H groups in total. The van der Waals surface area contributed by atoms with E-state index in [1.165, 1.54) is 51.4 Å². The molecule has 0 saturated carbocycles. The summed E-state index contributed by atoms with van der Waals surface area (Å²) in [5, 5.41) is 0. The highest BCUT2D eigenvalue weighted by molar-refractivity contribution is 6.62. The number of nitrogens with zero attached hydrogens (tertiary/aromatic N) is 1. The highest BCUT2D eigenvalue weighted by Gasteiger charge is 2.47. The molecule has 0 bridgehead atoms. The highest BCUT2D eigenvalue weighted by Crippen LogP contribution is 2.27. The monoisotopic (exact) mass is 432 g/mol. The van der Waals surface area contributed by atoms with Crippen molar-refractivity contribution in [3.05, 3.63) is 12.3 Å². The predicted molar refractivity (Wildman–Crippen MR) is 124 cm³/mol. The Labute approximate surface area is 182 Å². The van der Waals surface area contributed by atoms with E-state index in [1.807, 2.05) is 20.8 Å². The van der Waals surface area contributed by atoms with Crippen LogP contribution in [0, 0.1) is 0 Å². The molecular weight excluding hydrogens is 382 g/mol. The SMILES string of the molecule is CCCCCCCCCCC=C[N+](C)(C)OCC(C)[Si](OCC)(OCC)OCC. The zero-order valence-corrected chi connectivity index (χ0v) is 21.5. The highest BCUT2D eigenvalue weighted by atomic mass is 28.4. The van der Waals surface area contributed by atoms with Gasteiger partial charge in [0.15, 0.2) is 0 Å². The zero-order chi connectivity index (χ0) is 22.0. The Balaban J connectivity index is 4.28. The van der Waals surface area contributed by atoms with Gasteiger partial charge < -0.3 is 13.3 Å². The van der Waals surface area contributed by atoms with Crippen molar-refractivity contribution < 1.29 is 22.8 Å². The maximum absolute atomic E-state index is 6.16. The Kier molecular flexibility index (Phi) is 17.3. The second-order valence-electron chi connectivity index (χ2n) is 8.18. The number of quaternary nitrogens is 1. The van der Waals surface area contributed by atoms with Gasteiger partial charge >= 0.3 is 8.80 Å². The van der Waals surface area contributed by atoms with E-state index in [1.54, 1.807) is 0 Å². The normalized spacial score (nSPS) is 14.0. The van der Waals surface area contributed by atoms with Crippen LogP contribution in [0.4, 0.5) is 0 Å². The summed E-state index contributed by atoms with van der Waals surface area (Å²) < 4.78 is 18.4. The first kappa shape index (κ1) is 28.8. The molecule has 29 heavy (non-hydrogen) atoms. The lowest BCUT2D eigenvalue weighted by atomic mass is 10.1. The zero-order valence-electron chi connectivity index (χ0n) is 20.5. The molecule has 0 aliphatic carbocycles. The first-order valence-corrected chi connectivity index (χ1v) is 13.7. The molecule has 0 rings (SSSR count). The van der Waals surface area contributed by atoms with Crippen molar-refractivity contribution in [2.24, 2.45) is 0 Å². The molecule has 5 nitrogen and oxygen atoms in total. The quantitative estimate of drug-likeness (QED) is 0.0955. The van der Waals surface area contributed by atoms with Crippen molar-refractivity contribution in [1.82, 2.24) is 0 Å². The number of hydrogen-bond acceptors (Lipinski definition) is 4. The smallest absolute Gasteiger partial charge is 0.374 e. The van der Waals surface area contributed by atoms with E-state index in [9.17, 15) is 0 Å². The number of unbranched alkanes of at least 4 members (excludes halogenated alkanes) is 8. The van der Waals surface area contributed by atoms with Gasteiger partial charge in [-0.2, -0.15) is 9.48 Å². The van der Waals surface area contributed by atoms with Crippen molar-refractivity contribution in [2.45, 2.75) is 97.9 Å². The number of rotatable bonds is 20. The molecule has 0 saturated heterocycles. The van der Waals surface area contributed by atoms with Gasteiger partial charge in [0.05, 0.1) is 5.54 Å². The van der Waals surface area contributed by atoms with Gasteiger partial charge in [0, 0.05) is 19.8 Å². The molecule has 0 radical (unpaired) electrons. The van der Waals surface area contributed by atoms with Crippen LogP contribution >= 0.6 is 0 Å². The lowest BCUT2D eigenvalue weighted by Crippen LogP contribution is -2.51. The van der Waals surface area contributed by atoms with Gasteiger partial charge in [-0.3, -0.25) is 0 Å². The Morgan fingerprint density at radius 1 is 0.759 bits per heavy atom. The molecule has 0 heterocycles. The number of hydrogen-bond donors (Lipinski definition) is 0. The lowest BCUT2D eigenvalue weighted by molar-refractivity contribution is -1.04. The summed E-state index contributed by atoms with van der Waals surface area (Å²) in [6.45, 7) is 12.7. The lowest BCUT2D eigenvalue weighted by Gasteiger charge is -2.34. The van der Waals surface area contributed by atoms with Crippen molar-refractivity contribution >= 4 is 8.80 Å². The number of allylic oxidation sites excluding steroid dienone is 1. The van der Waals surface area contributed by atoms with Gasteiger partial charge in [0.25, 0.3) is 0 Å². The molecule has 0 fully saturated rings. The summed E-state index contributed by atoms with van der Waals surface area (Å²) in [5.41, 5.74) is 0.0841. The second-order valence-corrected chi connectivity index (χ2v) is 11.2. The van der Waals surface area contributed by atoms with Crippen molar-refractivity contribution in [3.63, 3.8) is 0 Å². The van der Waals surface area contributed by atoms with Crippen LogP contribution < -0.4 is 0 Å². The minimum absolute atomic E-state index is 0.0841. The Morgan fingerprint density at radius 2 is 1.24 bits per heavy atom. The molecule has 0 spiro atoms. The summed E-state index contributed by atoms with van der Waals surface area (Å²) in [6, 6.07) is 0. The molecule has 0 aromatic rings. The average molecular weight is 433 g/mol. The van der Waals surface area contributed by atoms with Crippen molar-refractivity contribution in [2.75, 3.05) is 40.5 Å². The van der Waals surface area contributed by atoms with Crippen LogP contribution in [-0.4, -0.2) is 54.0 Å². The van der Waals surface area contributed by atoms with Crippen LogP contribution in [0.2, 0.25) is 5.54 Å². The third kappa shape index (κ3) is 13.6. The minimum Gasteiger partial charge on any atom is -0.374 e. The molecule has 0 amide bonds. The first-order chi connectivity index (χ1) is 13.9. The maximum Gasteiger partial charge on any atom is 0.506 e. The second kappa shape index (κ2) is 17.4. The van der Waals surface area contributed by atoms with E-state index < -0.39 is 8.80 Å². The maximum atomic E-state index is 6.16. The van der Waals surface area contributed by atoms with E-state index in [-0.39, 0.29) is 5.54 Å². The average Bonchev–Trinajstić information content (AvgIpc) is 2.68. The van der Waals surface area contributed by atoms with Gasteiger partial charge in [-0.05, 0) is 39.7 Å². The molecule has 1 unspecified atom stereocenters. The Morgan fingerprint density at radius 3 is 1.72 bits per heavy atom. The van der Waals surface area contributed by atoms with E-state index in [0.717, 1.165) is 6.42 Å². The van der Waals surface area contributed by atoms with Gasteiger partial charge in [0.2, 0.25) is 0 Å². The van der Waals surface area contributed by atoms with Crippen LogP contribution in [0.15, 0.2) is 12.3 Å². The predicted octanol–water partition coefficient (Wildman–Crippen LogP) is 6.48. The minimum atomic E-state index is -2.72. The van der Waals surface area contributed by atoms with E-state index in [2.05, 4.69) is 40.2 Å². The molecule has 6 heteroatoms. The molecule has 0 aromatic heterocycles. The van der Waals surface area contributed by atoms with Crippen LogP contribution in [0.3, 0.4) is 0 Å². The summed E-state index contributed by atoms with van der Waals surface area (Å²) in [7, 11) is 1.39. The van der Waals surface area contributed by atoms with Crippen LogP contribution in [-0.2, 0) is 18.1 Å². The first-order valence-electron chi connectivity index (χ1n) is 11.9. The standard InChI is InChI=1S/C23H50NO4Si/c1-8-12-13-14-15-16-17-18-19-20-21-24(6,7)25-22-23(5)29(26-9-2,27-10-3)28-11-4/h20-21,23H,8-19,22H2,1-7H3/q+1. The third-order valence-corrected chi connectivity index (χ3v) is 8.43. The summed E-state index contributed by atoms with van der Waals surface area (Å²) in [6.07, 6.45) is 16.4. The summed E-state index contributed by atoms with van der Waals surface area (Å²) in [5.74, 6) is 0.